The Morgan fingerprint density at radius 3 is 2.70 bits per heavy atom. The molecule has 0 spiro atoms. The van der Waals surface area contributed by atoms with Gasteiger partial charge in [0.1, 0.15) is 0 Å². The van der Waals surface area contributed by atoms with Crippen molar-refractivity contribution in [2.75, 3.05) is 0 Å². The number of hydrogen-bond donors (Lipinski definition) is 1. The highest BCUT2D eigenvalue weighted by Gasteiger charge is 2.30. The van der Waals surface area contributed by atoms with Crippen LogP contribution >= 0.6 is 0 Å². The van der Waals surface area contributed by atoms with Gasteiger partial charge in [0.15, 0.2) is 0 Å². The van der Waals surface area contributed by atoms with Crippen LogP contribution in [0.1, 0.15) is 29.7 Å². The van der Waals surface area contributed by atoms with E-state index in [2.05, 4.69) is 5.10 Å². The van der Waals surface area contributed by atoms with E-state index in [0.717, 1.165) is 24.2 Å². The molecular weight excluding hydrogens is 267 g/mol. The number of nitrogens with two attached hydrogens (primary N) is 1. The second kappa shape index (κ2) is 5.66. The first kappa shape index (κ1) is 14.6. The van der Waals surface area contributed by atoms with E-state index >= 15 is 0 Å². The van der Waals surface area contributed by atoms with Crippen LogP contribution in [0.25, 0.3) is 0 Å². The second-order valence-electron chi connectivity index (χ2n) is 4.64. The second-order valence-corrected chi connectivity index (χ2v) is 4.64. The fourth-order valence-electron chi connectivity index (χ4n) is 2.00. The minimum absolute atomic E-state index is 0.460. The first-order chi connectivity index (χ1) is 9.40. The Hall–Kier alpha value is -1.82. The topological polar surface area (TPSA) is 43.8 Å². The molecule has 0 aliphatic carbocycles. The molecule has 108 valence electrons. The van der Waals surface area contributed by atoms with Gasteiger partial charge in [0, 0.05) is 18.8 Å². The van der Waals surface area contributed by atoms with Gasteiger partial charge in [-0.15, -0.1) is 0 Å². The van der Waals surface area contributed by atoms with Crippen molar-refractivity contribution in [1.82, 2.24) is 9.78 Å². The third-order valence-corrected chi connectivity index (χ3v) is 3.11. The van der Waals surface area contributed by atoms with Crippen LogP contribution < -0.4 is 5.73 Å². The molecule has 2 N–H and O–H groups in total. The van der Waals surface area contributed by atoms with Crippen molar-refractivity contribution in [2.45, 2.75) is 32.1 Å². The van der Waals surface area contributed by atoms with Crippen LogP contribution in [0.5, 0.6) is 0 Å². The van der Waals surface area contributed by atoms with Gasteiger partial charge >= 0.3 is 6.18 Å². The maximum atomic E-state index is 12.7. The van der Waals surface area contributed by atoms with Gasteiger partial charge in [-0.25, -0.2) is 0 Å². The average Bonchev–Trinajstić information content (AvgIpc) is 2.85. The SMILES string of the molecule is CCn1cc(CC(N)c2cccc(C(F)(F)F)c2)cn1. The standard InChI is InChI=1S/C14H16F3N3/c1-2-20-9-10(8-19-20)6-13(18)11-4-3-5-12(7-11)14(15,16)17/h3-5,7-9,13H,2,6,18H2,1H3. The van der Waals surface area contributed by atoms with Crippen molar-refractivity contribution >= 4 is 0 Å². The molecule has 1 unspecified atom stereocenters. The zero-order chi connectivity index (χ0) is 14.8. The average molecular weight is 283 g/mol. The number of alkyl halides is 3. The monoisotopic (exact) mass is 283 g/mol. The van der Waals surface area contributed by atoms with Crippen molar-refractivity contribution in [2.24, 2.45) is 5.73 Å². The minimum atomic E-state index is -4.34. The third-order valence-electron chi connectivity index (χ3n) is 3.11. The molecule has 1 heterocycles. The summed E-state index contributed by atoms with van der Waals surface area (Å²) in [5.41, 5.74) is 6.70. The van der Waals surface area contributed by atoms with Crippen LogP contribution in [-0.2, 0) is 19.1 Å². The summed E-state index contributed by atoms with van der Waals surface area (Å²) in [5.74, 6) is 0. The van der Waals surface area contributed by atoms with Crippen molar-refractivity contribution in [3.8, 4) is 0 Å². The predicted molar refractivity (Wildman–Crippen MR) is 70.0 cm³/mol. The number of hydrogen-bond acceptors (Lipinski definition) is 2. The minimum Gasteiger partial charge on any atom is -0.324 e. The summed E-state index contributed by atoms with van der Waals surface area (Å²) in [5, 5.41) is 4.12. The highest BCUT2D eigenvalue weighted by molar-refractivity contribution is 5.28. The third kappa shape index (κ3) is 3.39. The molecule has 0 aliphatic rings. The van der Waals surface area contributed by atoms with Gasteiger partial charge in [-0.2, -0.15) is 18.3 Å². The summed E-state index contributed by atoms with van der Waals surface area (Å²) in [4.78, 5) is 0. The number of aryl methyl sites for hydroxylation is 1. The molecule has 1 aromatic heterocycles. The van der Waals surface area contributed by atoms with Crippen LogP contribution in [0.2, 0.25) is 0 Å². The Kier molecular flexibility index (Phi) is 4.13. The lowest BCUT2D eigenvalue weighted by molar-refractivity contribution is -0.137. The van der Waals surface area contributed by atoms with Crippen LogP contribution in [-0.4, -0.2) is 9.78 Å². The Morgan fingerprint density at radius 2 is 2.10 bits per heavy atom. The van der Waals surface area contributed by atoms with E-state index in [0.29, 0.717) is 12.0 Å². The van der Waals surface area contributed by atoms with E-state index in [1.54, 1.807) is 16.9 Å². The quantitative estimate of drug-likeness (QED) is 0.936. The molecule has 0 fully saturated rings. The molecule has 1 atom stereocenters. The number of aromatic nitrogens is 2. The summed E-state index contributed by atoms with van der Waals surface area (Å²) in [6, 6.07) is 4.67. The Labute approximate surface area is 115 Å². The van der Waals surface area contributed by atoms with Gasteiger partial charge in [-0.05, 0) is 36.6 Å². The molecule has 0 amide bonds. The van der Waals surface area contributed by atoms with Crippen molar-refractivity contribution < 1.29 is 13.2 Å². The molecule has 0 saturated heterocycles. The van der Waals surface area contributed by atoms with E-state index in [-0.39, 0.29) is 0 Å². The maximum absolute atomic E-state index is 12.7. The molecule has 2 rings (SSSR count). The molecule has 0 bridgehead atoms. The van der Waals surface area contributed by atoms with Crippen molar-refractivity contribution in [3.63, 3.8) is 0 Å². The molecule has 2 aromatic rings. The molecule has 3 nitrogen and oxygen atoms in total. The van der Waals surface area contributed by atoms with Crippen LogP contribution in [0.4, 0.5) is 13.2 Å². The number of nitrogens with zero attached hydrogens (tertiary/aromatic N) is 2. The summed E-state index contributed by atoms with van der Waals surface area (Å²) in [6.45, 7) is 2.71. The summed E-state index contributed by atoms with van der Waals surface area (Å²) < 4.78 is 39.7. The molecule has 0 saturated carbocycles. The van der Waals surface area contributed by atoms with Crippen molar-refractivity contribution in [1.29, 1.82) is 0 Å². The first-order valence-electron chi connectivity index (χ1n) is 6.34. The van der Waals surface area contributed by atoms with E-state index in [9.17, 15) is 13.2 Å². The lowest BCUT2D eigenvalue weighted by Gasteiger charge is -2.13. The van der Waals surface area contributed by atoms with E-state index in [1.165, 1.54) is 6.07 Å². The van der Waals surface area contributed by atoms with E-state index in [1.807, 2.05) is 13.1 Å². The highest BCUT2D eigenvalue weighted by atomic mass is 19.4. The van der Waals surface area contributed by atoms with Crippen LogP contribution in [0.3, 0.4) is 0 Å². The fraction of sp³-hybridized carbons (Fsp3) is 0.357. The summed E-state index contributed by atoms with van der Waals surface area (Å²) in [7, 11) is 0. The number of rotatable bonds is 4. The zero-order valence-electron chi connectivity index (χ0n) is 11.1. The van der Waals surface area contributed by atoms with Gasteiger partial charge in [0.05, 0.1) is 11.8 Å². The lowest BCUT2D eigenvalue weighted by atomic mass is 9.99. The van der Waals surface area contributed by atoms with E-state index < -0.39 is 17.8 Å². The van der Waals surface area contributed by atoms with Crippen LogP contribution in [0.15, 0.2) is 36.7 Å². The molecule has 20 heavy (non-hydrogen) atoms. The normalized spacial score (nSPS) is 13.4. The smallest absolute Gasteiger partial charge is 0.324 e. The van der Waals surface area contributed by atoms with Gasteiger partial charge in [-0.1, -0.05) is 12.1 Å². The molecule has 6 heteroatoms. The lowest BCUT2D eigenvalue weighted by Crippen LogP contribution is -2.14. The number of halogens is 3. The Morgan fingerprint density at radius 1 is 1.35 bits per heavy atom. The maximum Gasteiger partial charge on any atom is 0.416 e. The molecule has 1 aromatic carbocycles. The largest absolute Gasteiger partial charge is 0.416 e. The molecule has 0 aliphatic heterocycles. The summed E-state index contributed by atoms with van der Waals surface area (Å²) >= 11 is 0. The van der Waals surface area contributed by atoms with Gasteiger partial charge < -0.3 is 5.73 Å². The summed E-state index contributed by atoms with van der Waals surface area (Å²) in [6.07, 6.45) is -0.339. The number of benzene rings is 1. The Balaban J connectivity index is 2.14. The van der Waals surface area contributed by atoms with Gasteiger partial charge in [0.25, 0.3) is 0 Å². The van der Waals surface area contributed by atoms with E-state index in [4.69, 9.17) is 5.73 Å². The Bertz CT molecular complexity index is 575. The molecule has 0 radical (unpaired) electrons. The van der Waals surface area contributed by atoms with Gasteiger partial charge in [0.2, 0.25) is 0 Å². The first-order valence-corrected chi connectivity index (χ1v) is 6.34. The van der Waals surface area contributed by atoms with Gasteiger partial charge in [-0.3, -0.25) is 4.68 Å². The predicted octanol–water partition coefficient (Wildman–Crippen LogP) is 3.16. The zero-order valence-corrected chi connectivity index (χ0v) is 11.1. The van der Waals surface area contributed by atoms with Crippen molar-refractivity contribution in [3.05, 3.63) is 53.3 Å². The fourth-order valence-corrected chi connectivity index (χ4v) is 2.00. The highest BCUT2D eigenvalue weighted by Crippen LogP contribution is 2.30. The van der Waals surface area contributed by atoms with Crippen LogP contribution in [0, 0.1) is 0 Å². The molecular formula is C14H16F3N3.